The maximum absolute atomic E-state index is 13.0. The number of benzene rings is 1. The topological polar surface area (TPSA) is 116 Å². The second-order valence-electron chi connectivity index (χ2n) is 6.64. The number of nitro groups is 1. The Bertz CT molecular complexity index is 998. The van der Waals surface area contributed by atoms with E-state index in [1.807, 2.05) is 6.92 Å². The minimum atomic E-state index is -3.73. The van der Waals surface area contributed by atoms with Gasteiger partial charge in [-0.1, -0.05) is 19.1 Å². The van der Waals surface area contributed by atoms with E-state index in [2.05, 4.69) is 5.32 Å². The molecule has 0 spiro atoms. The van der Waals surface area contributed by atoms with Crippen molar-refractivity contribution < 1.29 is 22.9 Å². The first kappa shape index (κ1) is 23.0. The average Bonchev–Trinajstić information content (AvgIpc) is 2.59. The van der Waals surface area contributed by atoms with Crippen LogP contribution in [0.5, 0.6) is 0 Å². The molecule has 158 valence electrons. The molecular weight excluding hydrogens is 416 g/mol. The van der Waals surface area contributed by atoms with Crippen molar-refractivity contribution in [3.8, 4) is 0 Å². The zero-order valence-electron chi connectivity index (χ0n) is 16.9. The molecule has 0 aromatic heterocycles. The van der Waals surface area contributed by atoms with Gasteiger partial charge < -0.3 is 10.1 Å². The molecule has 0 aliphatic carbocycles. The Labute approximate surface area is 174 Å². The molecule has 29 heavy (non-hydrogen) atoms. The van der Waals surface area contributed by atoms with Gasteiger partial charge in [0.15, 0.2) is 9.84 Å². The second-order valence-corrected chi connectivity index (χ2v) is 10.2. The van der Waals surface area contributed by atoms with Crippen LogP contribution in [0.3, 0.4) is 0 Å². The number of hydrogen-bond acceptors (Lipinski definition) is 8. The van der Waals surface area contributed by atoms with E-state index in [1.54, 1.807) is 26.8 Å². The highest BCUT2D eigenvalue weighted by molar-refractivity contribution is 7.99. The molecule has 0 fully saturated rings. The summed E-state index contributed by atoms with van der Waals surface area (Å²) in [5.41, 5.74) is 0.667. The first-order chi connectivity index (χ1) is 13.5. The van der Waals surface area contributed by atoms with Gasteiger partial charge in [0.05, 0.1) is 21.3 Å². The Morgan fingerprint density at radius 1 is 1.34 bits per heavy atom. The highest BCUT2D eigenvalue weighted by atomic mass is 32.2. The highest BCUT2D eigenvalue weighted by Crippen LogP contribution is 2.42. The summed E-state index contributed by atoms with van der Waals surface area (Å²) in [6.07, 6.45) is 1.05. The molecule has 2 rings (SSSR count). The largest absolute Gasteiger partial charge is 0.448 e. The van der Waals surface area contributed by atoms with Crippen LogP contribution in [0.2, 0.25) is 0 Å². The molecule has 2 unspecified atom stereocenters. The van der Waals surface area contributed by atoms with Gasteiger partial charge in [-0.2, -0.15) is 0 Å². The molecule has 1 N–H and O–H groups in total. The molecule has 8 nitrogen and oxygen atoms in total. The summed E-state index contributed by atoms with van der Waals surface area (Å²) in [5.74, 6) is -0.918. The fourth-order valence-corrected chi connectivity index (χ4v) is 5.27. The maximum Gasteiger partial charge on any atom is 0.337 e. The van der Waals surface area contributed by atoms with Crippen LogP contribution in [-0.4, -0.2) is 36.8 Å². The Balaban J connectivity index is 2.67. The Hall–Kier alpha value is -2.33. The molecule has 0 saturated carbocycles. The van der Waals surface area contributed by atoms with Crippen molar-refractivity contribution >= 4 is 33.3 Å². The minimum Gasteiger partial charge on any atom is -0.448 e. The number of rotatable bonds is 7. The Morgan fingerprint density at radius 3 is 2.55 bits per heavy atom. The molecular formula is C19H24N2O6S2. The lowest BCUT2D eigenvalue weighted by Crippen LogP contribution is -2.32. The number of carbonyl (C=O) groups is 1. The van der Waals surface area contributed by atoms with Crippen LogP contribution in [0.25, 0.3) is 0 Å². The number of thioether (sulfide) groups is 1. The van der Waals surface area contributed by atoms with Gasteiger partial charge in [0.1, 0.15) is 5.44 Å². The van der Waals surface area contributed by atoms with Crippen molar-refractivity contribution in [1.29, 1.82) is 0 Å². The number of non-ortho nitro benzene ring substituents is 1. The lowest BCUT2D eigenvalue weighted by atomic mass is 9.86. The molecule has 0 radical (unpaired) electrons. The Kier molecular flexibility index (Phi) is 7.12. The van der Waals surface area contributed by atoms with E-state index in [0.717, 1.165) is 12.0 Å². The minimum absolute atomic E-state index is 0.00801. The standard InChI is InChI=1S/C19H24N2O6S2/c1-6-28-13(4)27-19(22)16-11(2)20-12(3)18(29(5,25)26)17(16)14-8-7-9-15(10-14)21(23)24/h7-10,13,17,20H,6H2,1-5H3. The van der Waals surface area contributed by atoms with Crippen molar-refractivity contribution in [2.24, 2.45) is 0 Å². The van der Waals surface area contributed by atoms with Gasteiger partial charge in [0.2, 0.25) is 0 Å². The van der Waals surface area contributed by atoms with Crippen LogP contribution < -0.4 is 5.32 Å². The number of ether oxygens (including phenoxy) is 1. The van der Waals surface area contributed by atoms with E-state index in [4.69, 9.17) is 4.74 Å². The van der Waals surface area contributed by atoms with E-state index in [1.165, 1.54) is 30.0 Å². The van der Waals surface area contributed by atoms with Crippen molar-refractivity contribution in [2.45, 2.75) is 39.0 Å². The normalized spacial score (nSPS) is 18.3. The van der Waals surface area contributed by atoms with Gasteiger partial charge in [0.25, 0.3) is 5.69 Å². The van der Waals surface area contributed by atoms with Gasteiger partial charge in [-0.15, -0.1) is 11.8 Å². The third-order valence-corrected chi connectivity index (χ3v) is 6.65. The number of nitrogens with zero attached hydrogens (tertiary/aromatic N) is 1. The van der Waals surface area contributed by atoms with E-state index in [0.29, 0.717) is 17.0 Å². The third kappa shape index (κ3) is 5.18. The number of nitro benzene ring substituents is 1. The molecule has 0 amide bonds. The van der Waals surface area contributed by atoms with E-state index < -0.39 is 32.1 Å². The summed E-state index contributed by atoms with van der Waals surface area (Å²) in [7, 11) is -3.73. The number of nitrogens with one attached hydrogen (secondary N) is 1. The first-order valence-corrected chi connectivity index (χ1v) is 11.9. The summed E-state index contributed by atoms with van der Waals surface area (Å²) in [5, 5.41) is 14.2. The van der Waals surface area contributed by atoms with Crippen LogP contribution in [-0.2, 0) is 19.4 Å². The average molecular weight is 441 g/mol. The molecule has 1 aromatic rings. The van der Waals surface area contributed by atoms with Gasteiger partial charge in [-0.3, -0.25) is 10.1 Å². The maximum atomic E-state index is 13.0. The second kappa shape index (κ2) is 9.00. The molecule has 1 aliphatic heterocycles. The predicted molar refractivity (Wildman–Crippen MR) is 113 cm³/mol. The molecule has 10 heteroatoms. The van der Waals surface area contributed by atoms with Gasteiger partial charge in [-0.05, 0) is 32.1 Å². The van der Waals surface area contributed by atoms with Crippen LogP contribution in [0.15, 0.2) is 46.1 Å². The molecule has 1 aromatic carbocycles. The fourth-order valence-electron chi connectivity index (χ4n) is 3.36. The van der Waals surface area contributed by atoms with Crippen LogP contribution in [0.1, 0.15) is 39.2 Å². The summed E-state index contributed by atoms with van der Waals surface area (Å²) in [6, 6.07) is 5.65. The molecule has 0 saturated heterocycles. The van der Waals surface area contributed by atoms with Crippen LogP contribution in [0.4, 0.5) is 5.69 Å². The van der Waals surface area contributed by atoms with Crippen LogP contribution in [0, 0.1) is 10.1 Å². The van der Waals surface area contributed by atoms with E-state index in [9.17, 15) is 23.3 Å². The van der Waals surface area contributed by atoms with E-state index >= 15 is 0 Å². The molecule has 0 bridgehead atoms. The zero-order valence-corrected chi connectivity index (χ0v) is 18.5. The third-order valence-electron chi connectivity index (χ3n) is 4.41. The van der Waals surface area contributed by atoms with Gasteiger partial charge in [0, 0.05) is 29.8 Å². The predicted octanol–water partition coefficient (Wildman–Crippen LogP) is 3.47. The number of carbonyl (C=O) groups excluding carboxylic acids is 1. The quantitative estimate of drug-likeness (QED) is 0.297. The Morgan fingerprint density at radius 2 is 2.00 bits per heavy atom. The molecule has 1 heterocycles. The summed E-state index contributed by atoms with van der Waals surface area (Å²) in [6.45, 7) is 6.92. The summed E-state index contributed by atoms with van der Waals surface area (Å²) < 4.78 is 30.7. The first-order valence-electron chi connectivity index (χ1n) is 8.92. The van der Waals surface area contributed by atoms with Crippen LogP contribution >= 0.6 is 11.8 Å². The number of allylic oxidation sites excluding steroid dienone is 3. The summed E-state index contributed by atoms with van der Waals surface area (Å²) in [4.78, 5) is 23.7. The smallest absolute Gasteiger partial charge is 0.337 e. The monoisotopic (exact) mass is 440 g/mol. The van der Waals surface area contributed by atoms with E-state index in [-0.39, 0.29) is 16.2 Å². The number of dihydropyridines is 1. The number of esters is 1. The SMILES string of the molecule is CCSC(C)OC(=O)C1=C(C)NC(C)=C(S(C)(=O)=O)C1c1cccc([N+](=O)[O-])c1. The highest BCUT2D eigenvalue weighted by Gasteiger charge is 2.39. The van der Waals surface area contributed by atoms with Crippen molar-refractivity contribution in [1.82, 2.24) is 5.32 Å². The number of hydrogen-bond donors (Lipinski definition) is 1. The van der Waals surface area contributed by atoms with Crippen molar-refractivity contribution in [2.75, 3.05) is 12.0 Å². The molecule has 2 atom stereocenters. The van der Waals surface area contributed by atoms with Gasteiger partial charge >= 0.3 is 5.97 Å². The van der Waals surface area contributed by atoms with Crippen molar-refractivity contribution in [3.05, 3.63) is 61.8 Å². The lowest BCUT2D eigenvalue weighted by molar-refractivity contribution is -0.384. The summed E-state index contributed by atoms with van der Waals surface area (Å²) >= 11 is 1.43. The fraction of sp³-hybridized carbons (Fsp3) is 0.421. The molecule has 1 aliphatic rings. The lowest BCUT2D eigenvalue weighted by Gasteiger charge is -2.31. The van der Waals surface area contributed by atoms with Gasteiger partial charge in [-0.25, -0.2) is 13.2 Å². The van der Waals surface area contributed by atoms with Crippen molar-refractivity contribution in [3.63, 3.8) is 0 Å². The zero-order chi connectivity index (χ0) is 21.9. The number of sulfone groups is 1.